The van der Waals surface area contributed by atoms with Crippen LogP contribution in [0.1, 0.15) is 31.2 Å². The van der Waals surface area contributed by atoms with Gasteiger partial charge in [0.1, 0.15) is 5.75 Å². The Morgan fingerprint density at radius 3 is 2.95 bits per heavy atom. The molecule has 5 heteroatoms. The van der Waals surface area contributed by atoms with Crippen LogP contribution in [0.4, 0.5) is 0 Å². The second-order valence-electron chi connectivity index (χ2n) is 5.62. The van der Waals surface area contributed by atoms with Crippen LogP contribution in [0.2, 0.25) is 0 Å². The molecule has 2 heterocycles. The molecular weight excluding hydrogens is 298 g/mol. The van der Waals surface area contributed by atoms with Crippen LogP contribution in [0.3, 0.4) is 0 Å². The van der Waals surface area contributed by atoms with Gasteiger partial charge in [-0.05, 0) is 55.3 Å². The molecule has 0 saturated heterocycles. The zero-order valence-corrected chi connectivity index (χ0v) is 13.2. The Balaban J connectivity index is 1.70. The second-order valence-corrected chi connectivity index (χ2v) is 6.72. The van der Waals surface area contributed by atoms with Crippen molar-refractivity contribution in [2.45, 2.75) is 31.7 Å². The highest BCUT2D eigenvalue weighted by Crippen LogP contribution is 2.48. The Labute approximate surface area is 133 Å². The number of hydrogen-bond acceptors (Lipinski definition) is 5. The van der Waals surface area contributed by atoms with Gasteiger partial charge >= 0.3 is 5.97 Å². The summed E-state index contributed by atoms with van der Waals surface area (Å²) in [5.41, 5.74) is 2.07. The van der Waals surface area contributed by atoms with E-state index >= 15 is 0 Å². The lowest BCUT2D eigenvalue weighted by Crippen LogP contribution is -2.37. The summed E-state index contributed by atoms with van der Waals surface area (Å²) < 4.78 is 13.0. The maximum absolute atomic E-state index is 12.5. The molecule has 0 saturated carbocycles. The number of carbonyl (C=O) groups is 1. The molecule has 0 amide bonds. The molecule has 114 valence electrons. The van der Waals surface area contributed by atoms with E-state index in [0.29, 0.717) is 11.5 Å². The van der Waals surface area contributed by atoms with E-state index in [1.54, 1.807) is 19.1 Å². The molecule has 1 aromatic carbocycles. The number of nitrogens with zero attached hydrogens (tertiary/aromatic N) is 1. The summed E-state index contributed by atoms with van der Waals surface area (Å²) >= 11 is 1.69. The number of hydrogen-bond donors (Lipinski definition) is 0. The number of fused-ring (bicyclic) bond motifs is 2. The van der Waals surface area contributed by atoms with Crippen molar-refractivity contribution in [2.75, 3.05) is 7.11 Å². The third-order valence-corrected chi connectivity index (χ3v) is 5.52. The first-order valence-electron chi connectivity index (χ1n) is 7.53. The van der Waals surface area contributed by atoms with Crippen molar-refractivity contribution in [1.82, 2.24) is 4.31 Å². The largest absolute Gasteiger partial charge is 0.496 e. The normalized spacial score (nSPS) is 23.7. The average Bonchev–Trinajstić information content (AvgIpc) is 2.93. The lowest BCUT2D eigenvalue weighted by atomic mass is 9.93. The molecule has 4 nitrogen and oxygen atoms in total. The molecule has 22 heavy (non-hydrogen) atoms. The lowest BCUT2D eigenvalue weighted by molar-refractivity contribution is -0.140. The van der Waals surface area contributed by atoms with E-state index < -0.39 is 0 Å². The van der Waals surface area contributed by atoms with Gasteiger partial charge in [0.05, 0.1) is 18.9 Å². The molecule has 2 aliphatic heterocycles. The van der Waals surface area contributed by atoms with Gasteiger partial charge in [-0.25, -0.2) is 4.79 Å². The summed E-state index contributed by atoms with van der Waals surface area (Å²) in [6, 6.07) is 7.36. The number of para-hydroxylation sites is 1. The Bertz CT molecular complexity index is 695. The van der Waals surface area contributed by atoms with Gasteiger partial charge in [0, 0.05) is 4.91 Å². The van der Waals surface area contributed by atoms with Gasteiger partial charge in [-0.2, -0.15) is 0 Å². The number of carbonyl (C=O) groups excluding carboxylic acids is 1. The van der Waals surface area contributed by atoms with E-state index in [-0.39, 0.29) is 12.0 Å². The summed E-state index contributed by atoms with van der Waals surface area (Å²) in [7, 11) is 1.62. The predicted octanol–water partition coefficient (Wildman–Crippen LogP) is 3.71. The van der Waals surface area contributed by atoms with E-state index in [1.807, 2.05) is 34.8 Å². The number of rotatable bonds is 2. The van der Waals surface area contributed by atoms with Gasteiger partial charge < -0.3 is 9.47 Å². The van der Waals surface area contributed by atoms with Gasteiger partial charge in [0.25, 0.3) is 0 Å². The topological polar surface area (TPSA) is 38.8 Å². The van der Waals surface area contributed by atoms with Crippen molar-refractivity contribution in [3.63, 3.8) is 0 Å². The Morgan fingerprint density at radius 2 is 2.09 bits per heavy atom. The molecule has 3 aliphatic rings. The molecule has 0 spiro atoms. The van der Waals surface area contributed by atoms with E-state index in [1.165, 1.54) is 23.3 Å². The van der Waals surface area contributed by atoms with Crippen LogP contribution in [0, 0.1) is 0 Å². The molecule has 0 bridgehead atoms. The van der Waals surface area contributed by atoms with Crippen LogP contribution >= 0.6 is 11.9 Å². The van der Waals surface area contributed by atoms with Crippen molar-refractivity contribution in [3.8, 4) is 5.75 Å². The number of cyclic esters (lactones) is 1. The average molecular weight is 315 g/mol. The highest BCUT2D eigenvalue weighted by molar-refractivity contribution is 8.01. The van der Waals surface area contributed by atoms with Crippen molar-refractivity contribution in [3.05, 3.63) is 46.5 Å². The third kappa shape index (κ3) is 2.11. The Morgan fingerprint density at radius 1 is 1.27 bits per heavy atom. The van der Waals surface area contributed by atoms with E-state index in [9.17, 15) is 4.79 Å². The summed E-state index contributed by atoms with van der Waals surface area (Å²) in [6.45, 7) is 0. The summed E-state index contributed by atoms with van der Waals surface area (Å²) in [6.07, 6.45) is 6.41. The smallest absolute Gasteiger partial charge is 0.339 e. The zero-order valence-electron chi connectivity index (χ0n) is 12.4. The molecule has 1 aliphatic carbocycles. The molecule has 1 aromatic rings. The first kappa shape index (κ1) is 13.8. The fourth-order valence-electron chi connectivity index (χ4n) is 3.25. The first-order valence-corrected chi connectivity index (χ1v) is 8.30. The number of ether oxygens (including phenoxy) is 2. The van der Waals surface area contributed by atoms with Crippen molar-refractivity contribution < 1.29 is 14.3 Å². The van der Waals surface area contributed by atoms with Crippen LogP contribution < -0.4 is 4.74 Å². The monoisotopic (exact) mass is 315 g/mol. The Kier molecular flexibility index (Phi) is 3.37. The van der Waals surface area contributed by atoms with E-state index in [2.05, 4.69) is 0 Å². The number of esters is 1. The fourth-order valence-corrected chi connectivity index (χ4v) is 4.54. The molecule has 0 fully saturated rings. The van der Waals surface area contributed by atoms with Crippen LogP contribution in [0.15, 0.2) is 40.9 Å². The highest BCUT2D eigenvalue weighted by Gasteiger charge is 2.42. The summed E-state index contributed by atoms with van der Waals surface area (Å²) in [4.78, 5) is 13.9. The van der Waals surface area contributed by atoms with Gasteiger partial charge in [0.2, 0.25) is 0 Å². The van der Waals surface area contributed by atoms with E-state index in [4.69, 9.17) is 9.47 Å². The van der Waals surface area contributed by atoms with Crippen molar-refractivity contribution >= 4 is 23.7 Å². The Hall–Kier alpha value is -1.88. The maximum atomic E-state index is 12.5. The molecule has 1 atom stereocenters. The minimum absolute atomic E-state index is 0.178. The lowest BCUT2D eigenvalue weighted by Gasteiger charge is -2.28. The van der Waals surface area contributed by atoms with Gasteiger partial charge in [-0.1, -0.05) is 12.1 Å². The molecule has 4 rings (SSSR count). The third-order valence-electron chi connectivity index (χ3n) is 4.31. The predicted molar refractivity (Wildman–Crippen MR) is 85.8 cm³/mol. The molecule has 1 unspecified atom stereocenters. The van der Waals surface area contributed by atoms with Crippen LogP contribution in [-0.4, -0.2) is 23.4 Å². The SMILES string of the molecule is COc1ccccc1C1=CN2SC3=C(CCCC3)C2C(=O)O1. The molecular formula is C17H17NO3S. The zero-order chi connectivity index (χ0) is 15.1. The summed E-state index contributed by atoms with van der Waals surface area (Å²) in [5, 5.41) is 0. The number of allylic oxidation sites excluding steroid dienone is 1. The van der Waals surface area contributed by atoms with Crippen molar-refractivity contribution in [1.29, 1.82) is 0 Å². The number of benzene rings is 1. The highest BCUT2D eigenvalue weighted by atomic mass is 32.2. The van der Waals surface area contributed by atoms with Crippen LogP contribution in [-0.2, 0) is 9.53 Å². The van der Waals surface area contributed by atoms with Gasteiger partial charge in [-0.15, -0.1) is 0 Å². The minimum Gasteiger partial charge on any atom is -0.496 e. The van der Waals surface area contributed by atoms with Crippen molar-refractivity contribution in [2.24, 2.45) is 0 Å². The van der Waals surface area contributed by atoms with Gasteiger partial charge in [0.15, 0.2) is 11.8 Å². The van der Waals surface area contributed by atoms with Crippen LogP contribution in [0.5, 0.6) is 5.75 Å². The maximum Gasteiger partial charge on any atom is 0.339 e. The minimum atomic E-state index is -0.237. The fraction of sp³-hybridized carbons (Fsp3) is 0.353. The standard InChI is InChI=1S/C17H17NO3S/c1-20-13-8-4-2-6-11(13)14-10-18-16(17(19)21-14)12-7-3-5-9-15(12)22-18/h2,4,6,8,10,16H,3,5,7,9H2,1H3. The first-order chi connectivity index (χ1) is 10.8. The molecule has 0 radical (unpaired) electrons. The molecule has 0 aromatic heterocycles. The van der Waals surface area contributed by atoms with E-state index in [0.717, 1.165) is 18.4 Å². The number of methoxy groups -OCH3 is 1. The van der Waals surface area contributed by atoms with Gasteiger partial charge in [-0.3, -0.25) is 4.31 Å². The quantitative estimate of drug-likeness (QED) is 0.614. The molecule has 0 N–H and O–H groups in total. The second kappa shape index (κ2) is 5.39. The summed E-state index contributed by atoms with van der Waals surface area (Å²) in [5.74, 6) is 1.09. The van der Waals surface area contributed by atoms with Crippen LogP contribution in [0.25, 0.3) is 5.76 Å².